The van der Waals surface area contributed by atoms with Crippen molar-refractivity contribution < 1.29 is 9.59 Å². The van der Waals surface area contributed by atoms with Crippen LogP contribution in [0.15, 0.2) is 0 Å². The third-order valence-electron chi connectivity index (χ3n) is 5.30. The molecule has 0 aromatic rings. The first-order valence-corrected chi connectivity index (χ1v) is 7.93. The normalized spacial score (nSPS) is 31.4. The van der Waals surface area contributed by atoms with Crippen LogP contribution in [0, 0.1) is 11.3 Å². The van der Waals surface area contributed by atoms with Gasteiger partial charge in [0.2, 0.25) is 11.8 Å². The molecule has 3 aliphatic rings. The highest BCUT2D eigenvalue weighted by Gasteiger charge is 2.57. The fourth-order valence-electron chi connectivity index (χ4n) is 3.83. The quantitative estimate of drug-likeness (QED) is 0.791. The van der Waals surface area contributed by atoms with E-state index >= 15 is 0 Å². The average Bonchev–Trinajstić information content (AvgIpc) is 2.95. The average molecular weight is 279 g/mol. The third-order valence-corrected chi connectivity index (χ3v) is 5.30. The predicted octanol–water partition coefficient (Wildman–Crippen LogP) is 0.503. The zero-order valence-electron chi connectivity index (χ0n) is 12.3. The highest BCUT2D eigenvalue weighted by atomic mass is 16.2. The van der Waals surface area contributed by atoms with E-state index in [1.54, 1.807) is 0 Å². The summed E-state index contributed by atoms with van der Waals surface area (Å²) >= 11 is 0. The van der Waals surface area contributed by atoms with Gasteiger partial charge >= 0.3 is 0 Å². The molecule has 0 aromatic heterocycles. The highest BCUT2D eigenvalue weighted by molar-refractivity contribution is 5.83. The summed E-state index contributed by atoms with van der Waals surface area (Å²) in [6.07, 6.45) is 4.79. The number of likely N-dealkylation sites (tertiary alicyclic amines) is 1. The second-order valence-corrected chi connectivity index (χ2v) is 6.56. The Morgan fingerprint density at radius 3 is 2.80 bits per heavy atom. The molecule has 2 aliphatic heterocycles. The molecule has 0 radical (unpaired) electrons. The maximum atomic E-state index is 12.3. The van der Waals surface area contributed by atoms with E-state index < -0.39 is 0 Å². The Kier molecular flexibility index (Phi) is 3.71. The molecular weight excluding hydrogens is 254 g/mol. The SMILES string of the molecule is CCC(=O)N1CCC(NC(=O)C2CC23CCNCC3)C1. The van der Waals surface area contributed by atoms with Crippen LogP contribution < -0.4 is 10.6 Å². The van der Waals surface area contributed by atoms with Crippen molar-refractivity contribution in [2.75, 3.05) is 26.2 Å². The second kappa shape index (κ2) is 5.35. The van der Waals surface area contributed by atoms with Crippen molar-refractivity contribution in [2.45, 2.75) is 45.1 Å². The second-order valence-electron chi connectivity index (χ2n) is 6.56. The molecule has 3 fully saturated rings. The summed E-state index contributed by atoms with van der Waals surface area (Å²) in [5.41, 5.74) is 0.298. The van der Waals surface area contributed by atoms with Crippen LogP contribution in [0.3, 0.4) is 0 Å². The summed E-state index contributed by atoms with van der Waals surface area (Å²) < 4.78 is 0. The summed E-state index contributed by atoms with van der Waals surface area (Å²) in [4.78, 5) is 25.9. The zero-order chi connectivity index (χ0) is 14.2. The fraction of sp³-hybridized carbons (Fsp3) is 0.867. The van der Waals surface area contributed by atoms with Gasteiger partial charge in [-0.25, -0.2) is 0 Å². The van der Waals surface area contributed by atoms with Gasteiger partial charge in [0.1, 0.15) is 0 Å². The van der Waals surface area contributed by atoms with Crippen molar-refractivity contribution in [2.24, 2.45) is 11.3 Å². The van der Waals surface area contributed by atoms with Gasteiger partial charge < -0.3 is 15.5 Å². The smallest absolute Gasteiger partial charge is 0.223 e. The molecule has 1 saturated carbocycles. The molecule has 2 N–H and O–H groups in total. The lowest BCUT2D eigenvalue weighted by Gasteiger charge is -2.23. The molecular formula is C15H25N3O2. The van der Waals surface area contributed by atoms with Crippen LogP contribution >= 0.6 is 0 Å². The number of rotatable bonds is 3. The molecule has 20 heavy (non-hydrogen) atoms. The molecule has 112 valence electrons. The Morgan fingerprint density at radius 1 is 1.35 bits per heavy atom. The molecule has 1 spiro atoms. The molecule has 3 rings (SSSR count). The lowest BCUT2D eigenvalue weighted by atomic mass is 9.91. The zero-order valence-corrected chi connectivity index (χ0v) is 12.3. The number of nitrogens with zero attached hydrogens (tertiary/aromatic N) is 1. The van der Waals surface area contributed by atoms with Crippen molar-refractivity contribution in [3.05, 3.63) is 0 Å². The number of carbonyl (C=O) groups excluding carboxylic acids is 2. The monoisotopic (exact) mass is 279 g/mol. The van der Waals surface area contributed by atoms with E-state index in [0.29, 0.717) is 18.4 Å². The molecule has 2 saturated heterocycles. The van der Waals surface area contributed by atoms with E-state index in [0.717, 1.165) is 45.3 Å². The van der Waals surface area contributed by atoms with E-state index in [-0.39, 0.29) is 23.8 Å². The maximum Gasteiger partial charge on any atom is 0.223 e. The van der Waals surface area contributed by atoms with Crippen LogP contribution in [0.2, 0.25) is 0 Å². The minimum Gasteiger partial charge on any atom is -0.351 e. The number of piperidine rings is 1. The van der Waals surface area contributed by atoms with Gasteiger partial charge in [-0.05, 0) is 44.2 Å². The van der Waals surface area contributed by atoms with Crippen LogP contribution in [-0.2, 0) is 9.59 Å². The Hall–Kier alpha value is -1.10. The standard InChI is InChI=1S/C15H25N3O2/c1-2-13(19)18-8-3-11(10-18)17-14(20)12-9-15(12)4-6-16-7-5-15/h11-12,16H,2-10H2,1H3,(H,17,20). The van der Waals surface area contributed by atoms with Crippen molar-refractivity contribution in [1.82, 2.24) is 15.5 Å². The van der Waals surface area contributed by atoms with Crippen molar-refractivity contribution in [3.63, 3.8) is 0 Å². The van der Waals surface area contributed by atoms with Crippen LogP contribution in [0.5, 0.6) is 0 Å². The summed E-state index contributed by atoms with van der Waals surface area (Å²) in [7, 11) is 0. The van der Waals surface area contributed by atoms with Crippen LogP contribution in [-0.4, -0.2) is 48.9 Å². The van der Waals surface area contributed by atoms with Gasteiger partial charge in [0.15, 0.2) is 0 Å². The molecule has 2 amide bonds. The Labute approximate surface area is 120 Å². The van der Waals surface area contributed by atoms with Gasteiger partial charge in [-0.15, -0.1) is 0 Å². The summed E-state index contributed by atoms with van der Waals surface area (Å²) in [6, 6.07) is 0.164. The van der Waals surface area contributed by atoms with E-state index in [1.165, 1.54) is 0 Å². The summed E-state index contributed by atoms with van der Waals surface area (Å²) in [5.74, 6) is 0.645. The maximum absolute atomic E-state index is 12.3. The first-order chi connectivity index (χ1) is 9.64. The minimum atomic E-state index is 0.164. The topological polar surface area (TPSA) is 61.4 Å². The first kappa shape index (κ1) is 13.9. The minimum absolute atomic E-state index is 0.164. The van der Waals surface area contributed by atoms with Crippen LogP contribution in [0.1, 0.15) is 39.0 Å². The van der Waals surface area contributed by atoms with Gasteiger partial charge in [-0.3, -0.25) is 9.59 Å². The Bertz CT molecular complexity index is 404. The first-order valence-electron chi connectivity index (χ1n) is 7.93. The van der Waals surface area contributed by atoms with Gasteiger partial charge in [-0.2, -0.15) is 0 Å². The molecule has 0 bridgehead atoms. The van der Waals surface area contributed by atoms with Gasteiger partial charge in [-0.1, -0.05) is 6.92 Å². The summed E-state index contributed by atoms with van der Waals surface area (Å²) in [5, 5.41) is 6.53. The molecule has 5 nitrogen and oxygen atoms in total. The molecule has 2 unspecified atom stereocenters. The van der Waals surface area contributed by atoms with Crippen molar-refractivity contribution >= 4 is 11.8 Å². The predicted molar refractivity (Wildman–Crippen MR) is 76.1 cm³/mol. The third kappa shape index (κ3) is 2.55. The van der Waals surface area contributed by atoms with Gasteiger partial charge in [0.25, 0.3) is 0 Å². The number of amides is 2. The van der Waals surface area contributed by atoms with Gasteiger partial charge in [0, 0.05) is 31.5 Å². The van der Waals surface area contributed by atoms with Crippen molar-refractivity contribution in [1.29, 1.82) is 0 Å². The number of carbonyl (C=O) groups is 2. The van der Waals surface area contributed by atoms with Crippen LogP contribution in [0.25, 0.3) is 0 Å². The van der Waals surface area contributed by atoms with E-state index in [4.69, 9.17) is 0 Å². The van der Waals surface area contributed by atoms with E-state index in [9.17, 15) is 9.59 Å². The molecule has 2 heterocycles. The molecule has 1 aliphatic carbocycles. The molecule has 5 heteroatoms. The number of hydrogen-bond acceptors (Lipinski definition) is 3. The van der Waals surface area contributed by atoms with Crippen LogP contribution in [0.4, 0.5) is 0 Å². The van der Waals surface area contributed by atoms with E-state index in [2.05, 4.69) is 10.6 Å². The molecule has 0 aromatic carbocycles. The lowest BCUT2D eigenvalue weighted by Crippen LogP contribution is -2.40. The fourth-order valence-corrected chi connectivity index (χ4v) is 3.83. The number of hydrogen-bond donors (Lipinski definition) is 2. The lowest BCUT2D eigenvalue weighted by molar-refractivity contribution is -0.130. The highest BCUT2D eigenvalue weighted by Crippen LogP contribution is 2.58. The Morgan fingerprint density at radius 2 is 2.10 bits per heavy atom. The molecule has 2 atom stereocenters. The summed E-state index contributed by atoms with van der Waals surface area (Å²) in [6.45, 7) is 5.47. The van der Waals surface area contributed by atoms with Crippen molar-refractivity contribution in [3.8, 4) is 0 Å². The largest absolute Gasteiger partial charge is 0.351 e. The van der Waals surface area contributed by atoms with Gasteiger partial charge in [0.05, 0.1) is 0 Å². The number of nitrogens with one attached hydrogen (secondary N) is 2. The Balaban J connectivity index is 1.48. The van der Waals surface area contributed by atoms with E-state index in [1.807, 2.05) is 11.8 Å².